The zero-order valence-electron chi connectivity index (χ0n) is 11.4. The van der Waals surface area contributed by atoms with Crippen LogP contribution in [-0.2, 0) is 4.79 Å². The SMILES string of the molecule is O=C(/C=C/c1ccc(Cl)cc1Cl)Nc1c(F)c(F)c(F)c(F)c1F. The van der Waals surface area contributed by atoms with E-state index in [1.165, 1.54) is 24.3 Å². The van der Waals surface area contributed by atoms with Crippen molar-refractivity contribution in [3.8, 4) is 0 Å². The van der Waals surface area contributed by atoms with Crippen molar-refractivity contribution in [2.24, 2.45) is 0 Å². The smallest absolute Gasteiger partial charge is 0.248 e. The summed E-state index contributed by atoms with van der Waals surface area (Å²) in [5, 5.41) is 2.14. The van der Waals surface area contributed by atoms with Gasteiger partial charge in [0.25, 0.3) is 0 Å². The zero-order valence-corrected chi connectivity index (χ0v) is 13.0. The molecule has 0 atom stereocenters. The van der Waals surface area contributed by atoms with Gasteiger partial charge in [-0.05, 0) is 23.8 Å². The number of carbonyl (C=O) groups excluding carboxylic acids is 1. The van der Waals surface area contributed by atoms with Gasteiger partial charge in [0.15, 0.2) is 23.3 Å². The average molecular weight is 382 g/mol. The second-order valence-electron chi connectivity index (χ2n) is 4.43. The first-order valence-electron chi connectivity index (χ1n) is 6.18. The molecule has 0 heterocycles. The second-order valence-corrected chi connectivity index (χ2v) is 5.28. The Hall–Kier alpha value is -2.12. The molecule has 0 saturated carbocycles. The van der Waals surface area contributed by atoms with E-state index in [0.717, 1.165) is 6.08 Å². The maximum Gasteiger partial charge on any atom is 0.248 e. The highest BCUT2D eigenvalue weighted by atomic mass is 35.5. The fourth-order valence-electron chi connectivity index (χ4n) is 1.68. The summed E-state index contributed by atoms with van der Waals surface area (Å²) >= 11 is 11.5. The number of anilines is 1. The quantitative estimate of drug-likeness (QED) is 0.330. The van der Waals surface area contributed by atoms with Crippen LogP contribution in [0.25, 0.3) is 6.08 Å². The van der Waals surface area contributed by atoms with E-state index in [2.05, 4.69) is 0 Å². The molecule has 24 heavy (non-hydrogen) atoms. The number of benzene rings is 2. The predicted octanol–water partition coefficient (Wildman–Crippen LogP) is 5.34. The highest BCUT2D eigenvalue weighted by Gasteiger charge is 2.26. The molecule has 126 valence electrons. The highest BCUT2D eigenvalue weighted by molar-refractivity contribution is 6.35. The van der Waals surface area contributed by atoms with Gasteiger partial charge in [0.05, 0.1) is 0 Å². The third-order valence-electron chi connectivity index (χ3n) is 2.83. The molecule has 2 rings (SSSR count). The molecule has 2 aromatic carbocycles. The molecular weight excluding hydrogens is 376 g/mol. The van der Waals surface area contributed by atoms with Crippen molar-refractivity contribution in [1.82, 2.24) is 0 Å². The fraction of sp³-hybridized carbons (Fsp3) is 0. The third kappa shape index (κ3) is 3.68. The normalized spacial score (nSPS) is 11.1. The molecule has 0 unspecified atom stereocenters. The first-order chi connectivity index (χ1) is 11.2. The molecule has 0 aliphatic rings. The number of carbonyl (C=O) groups is 1. The number of nitrogens with one attached hydrogen (secondary N) is 1. The van der Waals surface area contributed by atoms with Gasteiger partial charge in [0.2, 0.25) is 11.7 Å². The van der Waals surface area contributed by atoms with E-state index in [-0.39, 0.29) is 5.02 Å². The lowest BCUT2D eigenvalue weighted by Crippen LogP contribution is -2.14. The summed E-state index contributed by atoms with van der Waals surface area (Å²) in [6.45, 7) is 0. The molecule has 1 N–H and O–H groups in total. The van der Waals surface area contributed by atoms with E-state index in [0.29, 0.717) is 10.6 Å². The van der Waals surface area contributed by atoms with Crippen molar-refractivity contribution in [1.29, 1.82) is 0 Å². The summed E-state index contributed by atoms with van der Waals surface area (Å²) in [6, 6.07) is 4.34. The monoisotopic (exact) mass is 381 g/mol. The van der Waals surface area contributed by atoms with Gasteiger partial charge in [-0.2, -0.15) is 0 Å². The number of hydrogen-bond donors (Lipinski definition) is 1. The summed E-state index contributed by atoms with van der Waals surface area (Å²) in [5.74, 6) is -12.0. The zero-order chi connectivity index (χ0) is 18.0. The first-order valence-corrected chi connectivity index (χ1v) is 6.93. The minimum Gasteiger partial charge on any atom is -0.317 e. The van der Waals surface area contributed by atoms with Crippen molar-refractivity contribution in [3.05, 3.63) is 69.0 Å². The summed E-state index contributed by atoms with van der Waals surface area (Å²) in [5.41, 5.74) is -1.09. The Morgan fingerprint density at radius 3 is 2.00 bits per heavy atom. The van der Waals surface area contributed by atoms with Gasteiger partial charge in [-0.1, -0.05) is 29.3 Å². The Morgan fingerprint density at radius 2 is 1.46 bits per heavy atom. The molecule has 0 saturated heterocycles. The summed E-state index contributed by atoms with van der Waals surface area (Å²) < 4.78 is 65.8. The van der Waals surface area contributed by atoms with E-state index in [4.69, 9.17) is 23.2 Å². The standard InChI is InChI=1S/C15H6Cl2F5NO/c16-7-3-1-6(8(17)5-7)2-4-9(24)23-15-13(21)11(19)10(18)12(20)14(15)22/h1-5H,(H,23,24)/b4-2+. The van der Waals surface area contributed by atoms with Crippen LogP contribution in [0.2, 0.25) is 10.0 Å². The van der Waals surface area contributed by atoms with Crippen molar-refractivity contribution >= 4 is 40.9 Å². The van der Waals surface area contributed by atoms with Gasteiger partial charge in [-0.25, -0.2) is 22.0 Å². The lowest BCUT2D eigenvalue weighted by atomic mass is 10.2. The Labute approximate surface area is 142 Å². The molecule has 2 aromatic rings. The lowest BCUT2D eigenvalue weighted by molar-refractivity contribution is -0.111. The first kappa shape index (κ1) is 18.2. The van der Waals surface area contributed by atoms with Crippen LogP contribution in [0.15, 0.2) is 24.3 Å². The fourth-order valence-corrected chi connectivity index (χ4v) is 2.15. The number of halogens is 7. The minimum absolute atomic E-state index is 0.197. The Kier molecular flexibility index (Phi) is 5.46. The van der Waals surface area contributed by atoms with Crippen molar-refractivity contribution < 1.29 is 26.7 Å². The van der Waals surface area contributed by atoms with Gasteiger partial charge < -0.3 is 5.32 Å². The largest absolute Gasteiger partial charge is 0.317 e. The number of rotatable bonds is 3. The van der Waals surface area contributed by atoms with Gasteiger partial charge in [0.1, 0.15) is 5.69 Å². The van der Waals surface area contributed by atoms with Crippen LogP contribution in [-0.4, -0.2) is 5.91 Å². The number of hydrogen-bond acceptors (Lipinski definition) is 1. The van der Waals surface area contributed by atoms with Crippen LogP contribution in [0.5, 0.6) is 0 Å². The van der Waals surface area contributed by atoms with Crippen LogP contribution >= 0.6 is 23.2 Å². The predicted molar refractivity (Wildman–Crippen MR) is 80.4 cm³/mol. The van der Waals surface area contributed by atoms with Gasteiger partial charge in [-0.15, -0.1) is 0 Å². The Bertz CT molecular complexity index is 825. The lowest BCUT2D eigenvalue weighted by Gasteiger charge is -2.08. The van der Waals surface area contributed by atoms with Crippen LogP contribution in [0, 0.1) is 29.1 Å². The third-order valence-corrected chi connectivity index (χ3v) is 3.40. The van der Waals surface area contributed by atoms with Gasteiger partial charge in [0, 0.05) is 16.1 Å². The maximum absolute atomic E-state index is 13.4. The molecular formula is C15H6Cl2F5NO. The average Bonchev–Trinajstić information content (AvgIpc) is 2.54. The minimum atomic E-state index is -2.31. The van der Waals surface area contributed by atoms with Gasteiger partial charge >= 0.3 is 0 Å². The van der Waals surface area contributed by atoms with Crippen LogP contribution in [0.3, 0.4) is 0 Å². The summed E-state index contributed by atoms with van der Waals surface area (Å²) in [6.07, 6.45) is 1.99. The summed E-state index contributed by atoms with van der Waals surface area (Å²) in [7, 11) is 0. The number of amides is 1. The van der Waals surface area contributed by atoms with Crippen LogP contribution in [0.1, 0.15) is 5.56 Å². The molecule has 9 heteroatoms. The molecule has 1 amide bonds. The van der Waals surface area contributed by atoms with E-state index in [1.807, 2.05) is 0 Å². The van der Waals surface area contributed by atoms with Crippen molar-refractivity contribution in [2.75, 3.05) is 5.32 Å². The van der Waals surface area contributed by atoms with Crippen molar-refractivity contribution in [3.63, 3.8) is 0 Å². The van der Waals surface area contributed by atoms with Crippen LogP contribution in [0.4, 0.5) is 27.6 Å². The van der Waals surface area contributed by atoms with E-state index < -0.39 is 40.7 Å². The van der Waals surface area contributed by atoms with E-state index >= 15 is 0 Å². The molecule has 0 aliphatic carbocycles. The van der Waals surface area contributed by atoms with E-state index in [1.54, 1.807) is 5.32 Å². The molecule has 0 aromatic heterocycles. The maximum atomic E-state index is 13.4. The van der Waals surface area contributed by atoms with Crippen molar-refractivity contribution in [2.45, 2.75) is 0 Å². The Balaban J connectivity index is 2.26. The molecule has 0 spiro atoms. The second kappa shape index (κ2) is 7.19. The summed E-state index contributed by atoms with van der Waals surface area (Å²) in [4.78, 5) is 11.6. The highest BCUT2D eigenvalue weighted by Crippen LogP contribution is 2.27. The van der Waals surface area contributed by atoms with Gasteiger partial charge in [-0.3, -0.25) is 4.79 Å². The molecule has 2 nitrogen and oxygen atoms in total. The van der Waals surface area contributed by atoms with E-state index in [9.17, 15) is 26.7 Å². The molecule has 0 radical (unpaired) electrons. The Morgan fingerprint density at radius 1 is 0.917 bits per heavy atom. The molecule has 0 aliphatic heterocycles. The topological polar surface area (TPSA) is 29.1 Å². The molecule has 0 fully saturated rings. The van der Waals surface area contributed by atoms with Crippen LogP contribution < -0.4 is 5.32 Å². The molecule has 0 bridgehead atoms.